The maximum atomic E-state index is 13.5. The van der Waals surface area contributed by atoms with Crippen molar-refractivity contribution < 1.29 is 44.8 Å². The number of hydrogen-bond donors (Lipinski definition) is 0. The van der Waals surface area contributed by atoms with Crippen molar-refractivity contribution in [2.75, 3.05) is 37.1 Å². The molecule has 0 saturated heterocycles. The highest BCUT2D eigenvalue weighted by molar-refractivity contribution is 9.09. The van der Waals surface area contributed by atoms with Gasteiger partial charge < -0.3 is 18.1 Å². The molecule has 0 saturated carbocycles. The minimum Gasteiger partial charge on any atom is -0.305 e. The summed E-state index contributed by atoms with van der Waals surface area (Å²) in [6.45, 7) is 5.81. The van der Waals surface area contributed by atoms with E-state index >= 15 is 0 Å². The summed E-state index contributed by atoms with van der Waals surface area (Å²) in [5, 5.41) is 0.863. The molecule has 0 bridgehead atoms. The Morgan fingerprint density at radius 2 is 0.867 bits per heavy atom. The van der Waals surface area contributed by atoms with Crippen molar-refractivity contribution in [1.29, 1.82) is 0 Å². The van der Waals surface area contributed by atoms with E-state index in [1.165, 1.54) is 27.7 Å². The van der Waals surface area contributed by atoms with E-state index in [1.807, 2.05) is 0 Å². The van der Waals surface area contributed by atoms with Gasteiger partial charge in [-0.3, -0.25) is 9.13 Å². The fourth-order valence-electron chi connectivity index (χ4n) is 1.96. The molecule has 6 nitrogen and oxygen atoms in total. The predicted octanol–water partition coefficient (Wildman–Crippen LogP) is 8.04. The third-order valence-electron chi connectivity index (χ3n) is 3.22. The van der Waals surface area contributed by atoms with Crippen LogP contribution in [0.4, 0.5) is 17.6 Å². The summed E-state index contributed by atoms with van der Waals surface area (Å²) < 4.78 is 95.9. The molecule has 0 fully saturated rings. The Bertz CT molecular complexity index is 478. The molecule has 14 heteroatoms. The van der Waals surface area contributed by atoms with Crippen molar-refractivity contribution in [3.63, 3.8) is 0 Å². The lowest BCUT2D eigenvalue weighted by molar-refractivity contribution is 0.0313. The third-order valence-corrected chi connectivity index (χ3v) is 8.78. The Balaban J connectivity index is 0. The Labute approximate surface area is 193 Å². The average Bonchev–Trinajstić information content (AvgIpc) is 2.66. The topological polar surface area (TPSA) is 71.1 Å². The molecule has 184 valence electrons. The SMILES string of the molecule is CCOP(=O)(OCC)C(F)(F)CCCBr.CCOP(=O)(OCC)C(F)(F)CCCBr. The van der Waals surface area contributed by atoms with Crippen LogP contribution in [-0.4, -0.2) is 48.4 Å². The van der Waals surface area contributed by atoms with Crippen LogP contribution in [0, 0.1) is 0 Å². The molecule has 0 spiro atoms. The predicted molar refractivity (Wildman–Crippen MR) is 118 cm³/mol. The molecule has 0 radical (unpaired) electrons. The zero-order chi connectivity index (χ0) is 23.9. The van der Waals surface area contributed by atoms with Gasteiger partial charge in [0.05, 0.1) is 26.4 Å². The number of hydrogen-bond acceptors (Lipinski definition) is 6. The molecule has 0 N–H and O–H groups in total. The molecular formula is C16H32Br2F4O6P2. The standard InChI is InChI=1S/2C8H16BrF2O3P/c2*1-3-13-15(12,14-4-2)8(10,11)6-5-7-9/h2*3-7H2,1-2H3. The van der Waals surface area contributed by atoms with Crippen LogP contribution in [0.15, 0.2) is 0 Å². The van der Waals surface area contributed by atoms with Crippen LogP contribution in [0.2, 0.25) is 0 Å². The normalized spacial score (nSPS) is 13.1. The van der Waals surface area contributed by atoms with E-state index in [0.717, 1.165) is 0 Å². The van der Waals surface area contributed by atoms with Gasteiger partial charge in [0, 0.05) is 23.5 Å². The van der Waals surface area contributed by atoms with Gasteiger partial charge in [-0.15, -0.1) is 0 Å². The Morgan fingerprint density at radius 1 is 0.633 bits per heavy atom. The average molecular weight is 618 g/mol. The Morgan fingerprint density at radius 3 is 1.03 bits per heavy atom. The van der Waals surface area contributed by atoms with Crippen LogP contribution in [0.5, 0.6) is 0 Å². The molecule has 0 atom stereocenters. The van der Waals surface area contributed by atoms with Crippen LogP contribution in [0.3, 0.4) is 0 Å². The third kappa shape index (κ3) is 11.2. The van der Waals surface area contributed by atoms with Crippen molar-refractivity contribution in [1.82, 2.24) is 0 Å². The fourth-order valence-corrected chi connectivity index (χ4v) is 5.65. The molecule has 0 amide bonds. The quantitative estimate of drug-likeness (QED) is 0.0992. The maximum Gasteiger partial charge on any atom is 0.399 e. The van der Waals surface area contributed by atoms with E-state index in [9.17, 15) is 26.7 Å². The summed E-state index contributed by atoms with van der Waals surface area (Å²) in [5.41, 5.74) is -6.82. The molecule has 0 heterocycles. The van der Waals surface area contributed by atoms with Gasteiger partial charge in [0.1, 0.15) is 0 Å². The molecule has 0 aliphatic rings. The smallest absolute Gasteiger partial charge is 0.305 e. The van der Waals surface area contributed by atoms with Crippen molar-refractivity contribution in [3.05, 3.63) is 0 Å². The lowest BCUT2D eigenvalue weighted by atomic mass is 10.3. The van der Waals surface area contributed by atoms with Gasteiger partial charge in [-0.1, -0.05) is 31.9 Å². The summed E-state index contributed by atoms with van der Waals surface area (Å²) in [7, 11) is -8.61. The van der Waals surface area contributed by atoms with E-state index in [4.69, 9.17) is 0 Å². The van der Waals surface area contributed by atoms with Crippen LogP contribution in [-0.2, 0) is 27.2 Å². The molecule has 0 aromatic rings. The molecule has 0 unspecified atom stereocenters. The molecule has 0 aromatic carbocycles. The summed E-state index contributed by atoms with van der Waals surface area (Å²) >= 11 is 6.08. The van der Waals surface area contributed by atoms with E-state index in [0.29, 0.717) is 10.7 Å². The first kappa shape index (κ1) is 33.2. The zero-order valence-electron chi connectivity index (χ0n) is 17.7. The van der Waals surface area contributed by atoms with Crippen LogP contribution < -0.4 is 0 Å². The van der Waals surface area contributed by atoms with Gasteiger partial charge in [-0.2, -0.15) is 17.6 Å². The Hall–Kier alpha value is 0.980. The van der Waals surface area contributed by atoms with Crippen molar-refractivity contribution >= 4 is 47.1 Å². The highest BCUT2D eigenvalue weighted by Crippen LogP contribution is 2.64. The van der Waals surface area contributed by atoms with E-state index in [2.05, 4.69) is 50.0 Å². The second kappa shape index (κ2) is 16.6. The van der Waals surface area contributed by atoms with E-state index in [-0.39, 0.29) is 39.3 Å². The second-order valence-electron chi connectivity index (χ2n) is 5.58. The van der Waals surface area contributed by atoms with Gasteiger partial charge in [-0.05, 0) is 40.5 Å². The summed E-state index contributed by atoms with van der Waals surface area (Å²) in [5.74, 6) is 0. The number of alkyl halides is 6. The van der Waals surface area contributed by atoms with Crippen LogP contribution in [0.1, 0.15) is 53.4 Å². The lowest BCUT2D eigenvalue weighted by Gasteiger charge is -2.25. The zero-order valence-corrected chi connectivity index (χ0v) is 22.6. The van der Waals surface area contributed by atoms with Gasteiger partial charge >= 0.3 is 26.5 Å². The Kier molecular flexibility index (Phi) is 18.3. The molecule has 0 aliphatic heterocycles. The first-order valence-electron chi connectivity index (χ1n) is 9.52. The van der Waals surface area contributed by atoms with Crippen LogP contribution >= 0.6 is 47.1 Å². The fraction of sp³-hybridized carbons (Fsp3) is 1.00. The lowest BCUT2D eigenvalue weighted by Crippen LogP contribution is -2.20. The molecular weight excluding hydrogens is 586 g/mol. The van der Waals surface area contributed by atoms with Gasteiger partial charge in [0.15, 0.2) is 0 Å². The first-order valence-corrected chi connectivity index (χ1v) is 14.9. The van der Waals surface area contributed by atoms with E-state index in [1.54, 1.807) is 0 Å². The van der Waals surface area contributed by atoms with Gasteiger partial charge in [0.2, 0.25) is 0 Å². The molecule has 0 rings (SSSR count). The molecule has 0 aromatic heterocycles. The maximum absolute atomic E-state index is 13.5. The number of halogens is 6. The molecule has 30 heavy (non-hydrogen) atoms. The van der Waals surface area contributed by atoms with E-state index < -0.39 is 39.4 Å². The molecule has 0 aliphatic carbocycles. The highest BCUT2D eigenvalue weighted by Gasteiger charge is 2.53. The second-order valence-corrected chi connectivity index (χ2v) is 11.5. The summed E-state index contributed by atoms with van der Waals surface area (Å²) in [6.07, 6.45) is -0.570. The summed E-state index contributed by atoms with van der Waals surface area (Å²) in [6, 6.07) is 0. The van der Waals surface area contributed by atoms with Crippen molar-refractivity contribution in [3.8, 4) is 0 Å². The van der Waals surface area contributed by atoms with Crippen LogP contribution in [0.25, 0.3) is 0 Å². The minimum absolute atomic E-state index is 0.0544. The largest absolute Gasteiger partial charge is 0.399 e. The van der Waals surface area contributed by atoms with Gasteiger partial charge in [0.25, 0.3) is 0 Å². The van der Waals surface area contributed by atoms with Gasteiger partial charge in [-0.25, -0.2) is 0 Å². The minimum atomic E-state index is -4.31. The highest BCUT2D eigenvalue weighted by atomic mass is 79.9. The number of rotatable bonds is 16. The summed E-state index contributed by atoms with van der Waals surface area (Å²) in [4.78, 5) is 0. The van der Waals surface area contributed by atoms with Crippen molar-refractivity contribution in [2.24, 2.45) is 0 Å². The van der Waals surface area contributed by atoms with Crippen molar-refractivity contribution in [2.45, 2.75) is 64.7 Å². The monoisotopic (exact) mass is 616 g/mol. The first-order chi connectivity index (χ1) is 13.9.